The highest BCUT2D eigenvalue weighted by Gasteiger charge is 2.24. The number of anilines is 1. The van der Waals surface area contributed by atoms with Gasteiger partial charge in [-0.05, 0) is 31.0 Å². The minimum absolute atomic E-state index is 0.174. The lowest BCUT2D eigenvalue weighted by molar-refractivity contribution is -0.131. The summed E-state index contributed by atoms with van der Waals surface area (Å²) in [5, 5.41) is 11.8. The summed E-state index contributed by atoms with van der Waals surface area (Å²) in [7, 11) is 0. The van der Waals surface area contributed by atoms with Gasteiger partial charge in [0.25, 0.3) is 0 Å². The van der Waals surface area contributed by atoms with Crippen molar-refractivity contribution in [3.05, 3.63) is 35.0 Å². The number of hydrogen-bond donors (Lipinski definition) is 1. The molecule has 0 unspecified atom stereocenters. The van der Waals surface area contributed by atoms with E-state index >= 15 is 0 Å². The van der Waals surface area contributed by atoms with Crippen LogP contribution in [0.1, 0.15) is 50.2 Å². The highest BCUT2D eigenvalue weighted by atomic mass is 32.1. The van der Waals surface area contributed by atoms with Gasteiger partial charge >= 0.3 is 0 Å². The molecular weight excluding hydrogens is 462 g/mol. The Labute approximate surface area is 208 Å². The molecule has 4 aromatic rings. The zero-order valence-electron chi connectivity index (χ0n) is 20.5. The third-order valence-corrected chi connectivity index (χ3v) is 7.52. The van der Waals surface area contributed by atoms with Crippen molar-refractivity contribution in [3.63, 3.8) is 0 Å². The number of hydrogen-bond acceptors (Lipinski definition) is 8. The molecule has 9 nitrogen and oxygen atoms in total. The first-order valence-electron chi connectivity index (χ1n) is 12.3. The first kappa shape index (κ1) is 23.5. The monoisotopic (exact) mass is 493 g/mol. The molecule has 1 amide bonds. The van der Waals surface area contributed by atoms with Crippen LogP contribution in [0.2, 0.25) is 0 Å². The van der Waals surface area contributed by atoms with Crippen molar-refractivity contribution in [1.29, 1.82) is 0 Å². The van der Waals surface area contributed by atoms with E-state index in [0.29, 0.717) is 43.8 Å². The average Bonchev–Trinajstić information content (AvgIpc) is 3.53. The SMILES string of the molecule is CCc1cc2c(N3CCN(C(=O)CCCOc4cccc5[nH]nnc45)CC3)nc(C(C)C)nc2s1. The molecule has 0 atom stereocenters. The van der Waals surface area contributed by atoms with E-state index in [1.807, 2.05) is 23.1 Å². The fraction of sp³-hybridized carbons (Fsp3) is 0.480. The first-order chi connectivity index (χ1) is 17.0. The second kappa shape index (κ2) is 10.2. The van der Waals surface area contributed by atoms with Crippen molar-refractivity contribution >= 4 is 44.3 Å². The lowest BCUT2D eigenvalue weighted by Gasteiger charge is -2.36. The van der Waals surface area contributed by atoms with Gasteiger partial charge in [-0.1, -0.05) is 32.1 Å². The minimum atomic E-state index is 0.174. The summed E-state index contributed by atoms with van der Waals surface area (Å²) >= 11 is 1.76. The van der Waals surface area contributed by atoms with Crippen molar-refractivity contribution in [3.8, 4) is 5.75 Å². The number of rotatable bonds is 8. The van der Waals surface area contributed by atoms with Gasteiger partial charge in [-0.3, -0.25) is 9.89 Å². The van der Waals surface area contributed by atoms with Gasteiger partial charge in [0.15, 0.2) is 5.52 Å². The van der Waals surface area contributed by atoms with E-state index < -0.39 is 0 Å². The van der Waals surface area contributed by atoms with E-state index in [1.165, 1.54) is 4.88 Å². The number of H-pyrrole nitrogens is 1. The number of ether oxygens (including phenoxy) is 1. The number of thiophene rings is 1. The summed E-state index contributed by atoms with van der Waals surface area (Å²) in [6.07, 6.45) is 2.12. The van der Waals surface area contributed by atoms with Crippen molar-refractivity contribution in [2.24, 2.45) is 0 Å². The van der Waals surface area contributed by atoms with Crippen LogP contribution in [0.15, 0.2) is 24.3 Å². The van der Waals surface area contributed by atoms with Crippen LogP contribution in [-0.4, -0.2) is 69.0 Å². The van der Waals surface area contributed by atoms with Gasteiger partial charge in [0.05, 0.1) is 17.5 Å². The van der Waals surface area contributed by atoms with Crippen LogP contribution in [0, 0.1) is 0 Å². The number of aromatic amines is 1. The van der Waals surface area contributed by atoms with E-state index in [4.69, 9.17) is 14.7 Å². The molecule has 3 aromatic heterocycles. The minimum Gasteiger partial charge on any atom is -0.491 e. The van der Waals surface area contributed by atoms with Crippen molar-refractivity contribution in [2.45, 2.75) is 46.0 Å². The molecule has 5 rings (SSSR count). The molecule has 1 N–H and O–H groups in total. The molecule has 0 spiro atoms. The maximum absolute atomic E-state index is 12.8. The maximum Gasteiger partial charge on any atom is 0.222 e. The molecule has 1 aliphatic heterocycles. The number of aromatic nitrogens is 5. The van der Waals surface area contributed by atoms with Crippen LogP contribution in [0.4, 0.5) is 5.82 Å². The van der Waals surface area contributed by atoms with E-state index in [9.17, 15) is 4.79 Å². The van der Waals surface area contributed by atoms with Gasteiger partial charge in [0.1, 0.15) is 22.2 Å². The fourth-order valence-electron chi connectivity index (χ4n) is 4.34. The number of benzene rings is 1. The second-order valence-corrected chi connectivity index (χ2v) is 10.2. The Hall–Kier alpha value is -3.27. The van der Waals surface area contributed by atoms with E-state index in [2.05, 4.69) is 47.1 Å². The summed E-state index contributed by atoms with van der Waals surface area (Å²) in [4.78, 5) is 29.2. The topological polar surface area (TPSA) is 100 Å². The normalized spacial score (nSPS) is 14.4. The summed E-state index contributed by atoms with van der Waals surface area (Å²) in [6.45, 7) is 9.85. The Morgan fingerprint density at radius 1 is 1.20 bits per heavy atom. The quantitative estimate of drug-likeness (QED) is 0.368. The molecule has 0 saturated carbocycles. The van der Waals surface area contributed by atoms with Crippen LogP contribution in [-0.2, 0) is 11.2 Å². The molecular formula is C25H31N7O2S. The fourth-order valence-corrected chi connectivity index (χ4v) is 5.31. The van der Waals surface area contributed by atoms with Crippen molar-refractivity contribution in [2.75, 3.05) is 37.7 Å². The highest BCUT2D eigenvalue weighted by molar-refractivity contribution is 7.18. The van der Waals surface area contributed by atoms with Crippen LogP contribution >= 0.6 is 11.3 Å². The van der Waals surface area contributed by atoms with Gasteiger partial charge in [-0.25, -0.2) is 9.97 Å². The zero-order valence-corrected chi connectivity index (χ0v) is 21.3. The summed E-state index contributed by atoms with van der Waals surface area (Å²) < 4.78 is 5.86. The number of nitrogens with one attached hydrogen (secondary N) is 1. The Morgan fingerprint density at radius 2 is 2.03 bits per heavy atom. The molecule has 1 aromatic carbocycles. The molecule has 184 valence electrons. The number of carbonyl (C=O) groups is 1. The third-order valence-electron chi connectivity index (χ3n) is 6.35. The van der Waals surface area contributed by atoms with Crippen LogP contribution < -0.4 is 9.64 Å². The van der Waals surface area contributed by atoms with Crippen LogP contribution in [0.25, 0.3) is 21.3 Å². The van der Waals surface area contributed by atoms with Gasteiger partial charge in [0.2, 0.25) is 5.91 Å². The van der Waals surface area contributed by atoms with Gasteiger partial charge in [-0.15, -0.1) is 16.4 Å². The number of amides is 1. The Kier molecular flexibility index (Phi) is 6.81. The van der Waals surface area contributed by atoms with Crippen molar-refractivity contribution < 1.29 is 9.53 Å². The predicted molar refractivity (Wildman–Crippen MR) is 138 cm³/mol. The maximum atomic E-state index is 12.8. The predicted octanol–water partition coefficient (Wildman–Crippen LogP) is 4.16. The Balaban J connectivity index is 1.16. The van der Waals surface area contributed by atoms with Crippen molar-refractivity contribution in [1.82, 2.24) is 30.3 Å². The molecule has 4 heterocycles. The summed E-state index contributed by atoms with van der Waals surface area (Å²) in [6, 6.07) is 7.91. The molecule has 0 bridgehead atoms. The molecule has 10 heteroatoms. The summed E-state index contributed by atoms with van der Waals surface area (Å²) in [5.74, 6) is 3.03. The smallest absolute Gasteiger partial charge is 0.222 e. The van der Waals surface area contributed by atoms with Crippen LogP contribution in [0.5, 0.6) is 5.75 Å². The number of aryl methyl sites for hydroxylation is 1. The van der Waals surface area contributed by atoms with Gasteiger partial charge in [-0.2, -0.15) is 0 Å². The van der Waals surface area contributed by atoms with Crippen LogP contribution in [0.3, 0.4) is 0 Å². The Morgan fingerprint density at radius 3 is 2.80 bits per heavy atom. The zero-order chi connectivity index (χ0) is 24.4. The average molecular weight is 494 g/mol. The van der Waals surface area contributed by atoms with Gasteiger partial charge in [0, 0.05) is 43.4 Å². The lowest BCUT2D eigenvalue weighted by atomic mass is 10.2. The molecule has 0 aliphatic carbocycles. The third kappa shape index (κ3) is 4.93. The number of fused-ring (bicyclic) bond motifs is 2. The number of carbonyl (C=O) groups excluding carboxylic acids is 1. The summed E-state index contributed by atoms with van der Waals surface area (Å²) in [5.41, 5.74) is 1.55. The second-order valence-electron chi connectivity index (χ2n) is 9.13. The molecule has 35 heavy (non-hydrogen) atoms. The van der Waals surface area contributed by atoms with E-state index in [0.717, 1.165) is 46.9 Å². The standard InChI is InChI=1S/C25H31N7O2S/c1-4-17-15-18-24(26-23(16(2)3)27-25(18)35-17)32-12-10-31(11-13-32)21(33)9-6-14-34-20-8-5-7-19-22(20)29-30-28-19/h5,7-8,15-16H,4,6,9-14H2,1-3H3,(H,28,29,30). The van der Waals surface area contributed by atoms with E-state index in [1.54, 1.807) is 11.3 Å². The Bertz CT molecular complexity index is 1320. The first-order valence-corrected chi connectivity index (χ1v) is 13.1. The molecule has 1 saturated heterocycles. The largest absolute Gasteiger partial charge is 0.491 e. The number of piperazine rings is 1. The lowest BCUT2D eigenvalue weighted by Crippen LogP contribution is -2.49. The highest BCUT2D eigenvalue weighted by Crippen LogP contribution is 2.33. The molecule has 1 aliphatic rings. The molecule has 0 radical (unpaired) electrons. The number of nitrogens with zero attached hydrogens (tertiary/aromatic N) is 6. The van der Waals surface area contributed by atoms with E-state index in [-0.39, 0.29) is 11.8 Å². The van der Waals surface area contributed by atoms with Gasteiger partial charge < -0.3 is 14.5 Å². The molecule has 1 fully saturated rings.